The summed E-state index contributed by atoms with van der Waals surface area (Å²) in [4.78, 5) is 24.3. The highest BCUT2D eigenvalue weighted by molar-refractivity contribution is 6.00. The zero-order chi connectivity index (χ0) is 23.8. The smallest absolute Gasteiger partial charge is 0.316 e. The highest BCUT2D eigenvalue weighted by Gasteiger charge is 2.28. The monoisotopic (exact) mass is 464 g/mol. The Morgan fingerprint density at radius 2 is 1.74 bits per heavy atom. The summed E-state index contributed by atoms with van der Waals surface area (Å²) < 4.78 is 16.6. The summed E-state index contributed by atoms with van der Waals surface area (Å²) in [5.41, 5.74) is 1.64. The predicted octanol–water partition coefficient (Wildman–Crippen LogP) is 4.43. The van der Waals surface area contributed by atoms with Crippen LogP contribution >= 0.6 is 0 Å². The molecular weight excluding hydrogens is 436 g/mol. The van der Waals surface area contributed by atoms with Gasteiger partial charge in [-0.25, -0.2) is 0 Å². The summed E-state index contributed by atoms with van der Waals surface area (Å²) >= 11 is 0. The lowest BCUT2D eigenvalue weighted by Crippen LogP contribution is -2.29. The van der Waals surface area contributed by atoms with E-state index < -0.39 is 5.91 Å². The number of carbonyl (C=O) groups excluding carboxylic acids is 2. The number of ether oxygens (including phenoxy) is 2. The maximum Gasteiger partial charge on any atom is 0.316 e. The van der Waals surface area contributed by atoms with Crippen molar-refractivity contribution in [3.05, 3.63) is 66.1 Å². The topological polar surface area (TPSA) is 116 Å². The van der Waals surface area contributed by atoms with Gasteiger partial charge in [0.25, 0.3) is 0 Å². The molecule has 3 aromatic rings. The number of hydrogen-bond donors (Lipinski definition) is 2. The van der Waals surface area contributed by atoms with Gasteiger partial charge in [-0.15, -0.1) is 5.10 Å². The van der Waals surface area contributed by atoms with Crippen molar-refractivity contribution in [2.75, 3.05) is 17.2 Å². The Bertz CT molecular complexity index is 1080. The summed E-state index contributed by atoms with van der Waals surface area (Å²) in [7, 11) is 0. The van der Waals surface area contributed by atoms with Crippen LogP contribution in [0.25, 0.3) is 0 Å². The summed E-state index contributed by atoms with van der Waals surface area (Å²) in [6, 6.07) is 17.0. The molecule has 9 nitrogen and oxygen atoms in total. The summed E-state index contributed by atoms with van der Waals surface area (Å²) in [6.45, 7) is 2.75. The van der Waals surface area contributed by atoms with E-state index in [9.17, 15) is 9.59 Å². The molecule has 1 saturated carbocycles. The molecule has 1 heterocycles. The van der Waals surface area contributed by atoms with Crippen LogP contribution < -0.4 is 15.4 Å². The Kier molecular flexibility index (Phi) is 7.75. The van der Waals surface area contributed by atoms with Crippen molar-refractivity contribution >= 4 is 23.6 Å². The second-order valence-electron chi connectivity index (χ2n) is 8.07. The van der Waals surface area contributed by atoms with Gasteiger partial charge in [-0.1, -0.05) is 35.4 Å². The van der Waals surface area contributed by atoms with Crippen LogP contribution in [0.5, 0.6) is 5.75 Å². The number of anilines is 2. The molecule has 34 heavy (non-hydrogen) atoms. The first-order valence-corrected chi connectivity index (χ1v) is 11.5. The third-order valence-corrected chi connectivity index (χ3v) is 5.61. The van der Waals surface area contributed by atoms with Gasteiger partial charge >= 0.3 is 23.8 Å². The van der Waals surface area contributed by atoms with E-state index in [2.05, 4.69) is 20.8 Å². The first kappa shape index (κ1) is 23.3. The molecule has 2 aromatic carbocycles. The molecule has 1 aliphatic carbocycles. The molecule has 178 valence electrons. The van der Waals surface area contributed by atoms with Crippen LogP contribution in [-0.4, -0.2) is 34.8 Å². The van der Waals surface area contributed by atoms with E-state index in [1.54, 1.807) is 24.3 Å². The molecule has 0 saturated heterocycles. The van der Waals surface area contributed by atoms with Gasteiger partial charge in [-0.2, -0.15) is 0 Å². The average molecular weight is 465 g/mol. The molecule has 1 aromatic heterocycles. The molecule has 1 aliphatic rings. The lowest BCUT2D eigenvalue weighted by atomic mass is 9.87. The van der Waals surface area contributed by atoms with Crippen molar-refractivity contribution in [2.24, 2.45) is 5.92 Å². The number of aromatic nitrogens is 2. The van der Waals surface area contributed by atoms with Crippen LogP contribution in [0.2, 0.25) is 0 Å². The number of amides is 1. The van der Waals surface area contributed by atoms with Gasteiger partial charge in [0.2, 0.25) is 0 Å². The zero-order valence-electron chi connectivity index (χ0n) is 19.0. The van der Waals surface area contributed by atoms with Gasteiger partial charge in [0.15, 0.2) is 0 Å². The summed E-state index contributed by atoms with van der Waals surface area (Å²) in [5, 5.41) is 13.4. The second-order valence-corrected chi connectivity index (χ2v) is 8.07. The van der Waals surface area contributed by atoms with Gasteiger partial charge in [-0.05, 0) is 62.4 Å². The van der Waals surface area contributed by atoms with Crippen molar-refractivity contribution in [1.82, 2.24) is 10.2 Å². The maximum atomic E-state index is 12.4. The number of nitrogens with zero attached hydrogens (tertiary/aromatic N) is 2. The molecule has 1 fully saturated rings. The van der Waals surface area contributed by atoms with E-state index in [1.807, 2.05) is 37.3 Å². The number of esters is 1. The van der Waals surface area contributed by atoms with E-state index >= 15 is 0 Å². The first-order valence-electron chi connectivity index (χ1n) is 11.5. The quantitative estimate of drug-likeness (QED) is 0.447. The number of rotatable bonds is 9. The lowest BCUT2D eigenvalue weighted by molar-refractivity contribution is -0.149. The Balaban J connectivity index is 1.23. The van der Waals surface area contributed by atoms with E-state index in [0.29, 0.717) is 24.6 Å². The Morgan fingerprint density at radius 1 is 1.00 bits per heavy atom. The highest BCUT2D eigenvalue weighted by Crippen LogP contribution is 2.29. The molecule has 0 unspecified atom stereocenters. The van der Waals surface area contributed by atoms with Gasteiger partial charge in [0.05, 0.1) is 18.6 Å². The number of nitrogens with one attached hydrogen (secondary N) is 2. The van der Waals surface area contributed by atoms with E-state index in [4.69, 9.17) is 13.9 Å². The highest BCUT2D eigenvalue weighted by atomic mass is 16.5. The molecule has 1 amide bonds. The van der Waals surface area contributed by atoms with Crippen LogP contribution in [0.3, 0.4) is 0 Å². The minimum Gasteiger partial charge on any atom is -0.490 e. The minimum absolute atomic E-state index is 0.0313. The van der Waals surface area contributed by atoms with Gasteiger partial charge in [-0.3, -0.25) is 9.59 Å². The molecule has 9 heteroatoms. The predicted molar refractivity (Wildman–Crippen MR) is 125 cm³/mol. The summed E-state index contributed by atoms with van der Waals surface area (Å²) in [5.74, 6) is -0.0548. The van der Waals surface area contributed by atoms with E-state index in [-0.39, 0.29) is 29.9 Å². The standard InChI is InChI=1S/C25H28N4O5/c1-2-32-24(31)18-8-12-20(13-9-18)33-21-14-10-19(11-15-21)27-22(30)23-28-29-25(34-23)26-16-17-6-4-3-5-7-17/h3-7,10-11,14-15,18,20H,2,8-9,12-13,16H2,1H3,(H,26,29)(H,27,30). The molecule has 0 aliphatic heterocycles. The van der Waals surface area contributed by atoms with Crippen LogP contribution in [-0.2, 0) is 16.1 Å². The molecular formula is C25H28N4O5. The van der Waals surface area contributed by atoms with Crippen molar-refractivity contribution in [3.63, 3.8) is 0 Å². The Hall–Kier alpha value is -3.88. The Labute approximate surface area is 197 Å². The maximum absolute atomic E-state index is 12.4. The largest absolute Gasteiger partial charge is 0.490 e. The van der Waals surface area contributed by atoms with Gasteiger partial charge < -0.3 is 24.5 Å². The molecule has 2 N–H and O–H groups in total. The third kappa shape index (κ3) is 6.34. The number of hydrogen-bond acceptors (Lipinski definition) is 8. The average Bonchev–Trinajstić information content (AvgIpc) is 3.35. The van der Waals surface area contributed by atoms with Crippen molar-refractivity contribution in [1.29, 1.82) is 0 Å². The van der Waals surface area contributed by atoms with Crippen molar-refractivity contribution in [2.45, 2.75) is 45.3 Å². The number of carbonyl (C=O) groups is 2. The van der Waals surface area contributed by atoms with Crippen molar-refractivity contribution in [3.8, 4) is 5.75 Å². The molecule has 0 spiro atoms. The van der Waals surface area contributed by atoms with E-state index in [0.717, 1.165) is 31.2 Å². The van der Waals surface area contributed by atoms with Gasteiger partial charge in [0.1, 0.15) is 5.75 Å². The normalized spacial score (nSPS) is 17.6. The van der Waals surface area contributed by atoms with E-state index in [1.165, 1.54) is 0 Å². The second kappa shape index (κ2) is 11.3. The lowest BCUT2D eigenvalue weighted by Gasteiger charge is -2.27. The molecule has 0 radical (unpaired) electrons. The summed E-state index contributed by atoms with van der Waals surface area (Å²) in [6.07, 6.45) is 3.21. The fourth-order valence-electron chi connectivity index (χ4n) is 3.83. The zero-order valence-corrected chi connectivity index (χ0v) is 19.0. The molecule has 4 rings (SSSR count). The SMILES string of the molecule is CCOC(=O)C1CCC(Oc2ccc(NC(=O)c3nnc(NCc4ccccc4)o3)cc2)CC1. The van der Waals surface area contributed by atoms with Crippen LogP contribution in [0.15, 0.2) is 59.0 Å². The van der Waals surface area contributed by atoms with Crippen LogP contribution in [0.1, 0.15) is 48.9 Å². The number of benzene rings is 2. The van der Waals surface area contributed by atoms with Crippen LogP contribution in [0.4, 0.5) is 11.7 Å². The van der Waals surface area contributed by atoms with Crippen molar-refractivity contribution < 1.29 is 23.5 Å². The third-order valence-electron chi connectivity index (χ3n) is 5.61. The fourth-order valence-corrected chi connectivity index (χ4v) is 3.83. The fraction of sp³-hybridized carbons (Fsp3) is 0.360. The first-order chi connectivity index (χ1) is 16.6. The molecule has 0 bridgehead atoms. The molecule has 0 atom stereocenters. The Morgan fingerprint density at radius 3 is 2.44 bits per heavy atom. The van der Waals surface area contributed by atoms with Crippen LogP contribution in [0, 0.1) is 5.92 Å². The minimum atomic E-state index is -0.494. The van der Waals surface area contributed by atoms with Gasteiger partial charge in [0, 0.05) is 12.2 Å².